The van der Waals surface area contributed by atoms with E-state index < -0.39 is 17.5 Å². The van der Waals surface area contributed by atoms with Crippen LogP contribution in [0.2, 0.25) is 5.15 Å². The molecule has 2 nitrogen and oxygen atoms in total. The van der Waals surface area contributed by atoms with E-state index in [9.17, 15) is 13.2 Å². The highest BCUT2D eigenvalue weighted by Crippen LogP contribution is 2.40. The van der Waals surface area contributed by atoms with Crippen molar-refractivity contribution < 1.29 is 13.2 Å². The van der Waals surface area contributed by atoms with Crippen molar-refractivity contribution in [3.05, 3.63) is 46.5 Å². The number of hydrogen-bond donors (Lipinski definition) is 0. The van der Waals surface area contributed by atoms with Crippen molar-refractivity contribution in [3.63, 3.8) is 0 Å². The first-order valence-corrected chi connectivity index (χ1v) is 5.84. The van der Waals surface area contributed by atoms with Gasteiger partial charge in [-0.2, -0.15) is 5.10 Å². The number of aromatic nitrogens is 2. The Balaban J connectivity index is 2.11. The van der Waals surface area contributed by atoms with Crippen LogP contribution in [0, 0.1) is 17.5 Å². The van der Waals surface area contributed by atoms with Crippen LogP contribution >= 0.6 is 11.6 Å². The van der Waals surface area contributed by atoms with Crippen LogP contribution < -0.4 is 0 Å². The molecular formula is C12H8ClF3N2. The minimum atomic E-state index is -1.23. The zero-order valence-electron chi connectivity index (χ0n) is 9.13. The third kappa shape index (κ3) is 1.88. The summed E-state index contributed by atoms with van der Waals surface area (Å²) in [6, 6.07) is 2.86. The van der Waals surface area contributed by atoms with Crippen molar-refractivity contribution in [2.45, 2.75) is 18.8 Å². The van der Waals surface area contributed by atoms with Crippen LogP contribution in [0.15, 0.2) is 18.2 Å². The lowest BCUT2D eigenvalue weighted by molar-refractivity contribution is 0.491. The minimum Gasteiger partial charge on any atom is -0.219 e. The molecule has 0 N–H and O–H groups in total. The van der Waals surface area contributed by atoms with Gasteiger partial charge in [-0.15, -0.1) is 0 Å². The molecule has 1 aliphatic rings. The van der Waals surface area contributed by atoms with Crippen molar-refractivity contribution >= 4 is 11.6 Å². The van der Waals surface area contributed by atoms with Crippen molar-refractivity contribution in [2.24, 2.45) is 0 Å². The Kier molecular flexibility index (Phi) is 2.59. The van der Waals surface area contributed by atoms with Gasteiger partial charge < -0.3 is 0 Å². The fourth-order valence-electron chi connectivity index (χ4n) is 1.80. The molecule has 1 fully saturated rings. The summed E-state index contributed by atoms with van der Waals surface area (Å²) in [5, 5.41) is 4.31. The topological polar surface area (TPSA) is 17.8 Å². The molecule has 0 bridgehead atoms. The van der Waals surface area contributed by atoms with Gasteiger partial charge in [-0.1, -0.05) is 11.6 Å². The normalized spacial score (nSPS) is 15.1. The lowest BCUT2D eigenvalue weighted by atomic mass is 10.3. The molecular weight excluding hydrogens is 265 g/mol. The number of rotatable bonds is 2. The molecule has 18 heavy (non-hydrogen) atoms. The van der Waals surface area contributed by atoms with Crippen LogP contribution in [0.5, 0.6) is 0 Å². The van der Waals surface area contributed by atoms with Crippen molar-refractivity contribution in [3.8, 4) is 5.69 Å². The number of halogens is 4. The van der Waals surface area contributed by atoms with E-state index in [1.165, 1.54) is 0 Å². The molecule has 1 aromatic carbocycles. The standard InChI is InChI=1S/C12H8ClF3N2/c13-12-5-10(6-1-2-6)17-18(12)11-4-8(15)7(14)3-9(11)16/h3-6H,1-2H2. The van der Waals surface area contributed by atoms with Gasteiger partial charge in [-0.25, -0.2) is 17.9 Å². The summed E-state index contributed by atoms with van der Waals surface area (Å²) in [5.41, 5.74) is 0.565. The Labute approximate surface area is 106 Å². The molecule has 1 heterocycles. The van der Waals surface area contributed by atoms with Gasteiger partial charge in [0.1, 0.15) is 10.8 Å². The highest BCUT2D eigenvalue weighted by atomic mass is 35.5. The molecule has 0 saturated heterocycles. The molecule has 1 saturated carbocycles. The van der Waals surface area contributed by atoms with Gasteiger partial charge >= 0.3 is 0 Å². The Morgan fingerprint density at radius 1 is 1.06 bits per heavy atom. The lowest BCUT2D eigenvalue weighted by Crippen LogP contribution is -2.03. The molecule has 0 atom stereocenters. The zero-order chi connectivity index (χ0) is 12.9. The summed E-state index contributed by atoms with van der Waals surface area (Å²) in [6.45, 7) is 0. The molecule has 3 rings (SSSR count). The maximum atomic E-state index is 13.6. The first-order chi connectivity index (χ1) is 8.56. The predicted octanol–water partition coefficient (Wildman–Crippen LogP) is 3.82. The quantitative estimate of drug-likeness (QED) is 0.760. The largest absolute Gasteiger partial charge is 0.219 e. The number of nitrogens with zero attached hydrogens (tertiary/aromatic N) is 2. The van der Waals surface area contributed by atoms with E-state index in [2.05, 4.69) is 5.10 Å². The average Bonchev–Trinajstić information content (AvgIpc) is 3.08. The monoisotopic (exact) mass is 272 g/mol. The number of hydrogen-bond acceptors (Lipinski definition) is 1. The van der Waals surface area contributed by atoms with Gasteiger partial charge in [0, 0.05) is 18.1 Å². The third-order valence-corrected chi connectivity index (χ3v) is 3.17. The van der Waals surface area contributed by atoms with E-state index in [1.54, 1.807) is 6.07 Å². The van der Waals surface area contributed by atoms with Crippen LogP contribution in [0.3, 0.4) is 0 Å². The van der Waals surface area contributed by atoms with Gasteiger partial charge in [0.15, 0.2) is 17.5 Å². The maximum Gasteiger partial charge on any atom is 0.161 e. The molecule has 0 amide bonds. The first kappa shape index (κ1) is 11.6. The van der Waals surface area contributed by atoms with Gasteiger partial charge in [0.2, 0.25) is 0 Å². The van der Waals surface area contributed by atoms with Crippen molar-refractivity contribution in [1.29, 1.82) is 0 Å². The van der Waals surface area contributed by atoms with Crippen LogP contribution in [0.4, 0.5) is 13.2 Å². The fraction of sp³-hybridized carbons (Fsp3) is 0.250. The summed E-state index contributed by atoms with van der Waals surface area (Å²) in [5.74, 6) is -2.92. The zero-order valence-corrected chi connectivity index (χ0v) is 9.89. The summed E-state index contributed by atoms with van der Waals surface area (Å²) in [7, 11) is 0. The summed E-state index contributed by atoms with van der Waals surface area (Å²) < 4.78 is 40.7. The molecule has 2 aromatic rings. The highest BCUT2D eigenvalue weighted by molar-refractivity contribution is 6.29. The minimum absolute atomic E-state index is 0.182. The Morgan fingerprint density at radius 3 is 2.39 bits per heavy atom. The van der Waals surface area contributed by atoms with E-state index in [1.807, 2.05) is 0 Å². The molecule has 0 aliphatic heterocycles. The molecule has 0 spiro atoms. The SMILES string of the molecule is Fc1cc(F)c(-n2nc(C3CC3)cc2Cl)cc1F. The summed E-state index contributed by atoms with van der Waals surface area (Å²) in [4.78, 5) is 0. The maximum absolute atomic E-state index is 13.6. The van der Waals surface area contributed by atoms with Gasteiger partial charge in [-0.3, -0.25) is 0 Å². The molecule has 1 aliphatic carbocycles. The molecule has 0 unspecified atom stereocenters. The van der Waals surface area contributed by atoms with Crippen molar-refractivity contribution in [2.75, 3.05) is 0 Å². The van der Waals surface area contributed by atoms with Gasteiger partial charge in [-0.05, 0) is 18.9 Å². The van der Waals surface area contributed by atoms with E-state index in [-0.39, 0.29) is 10.8 Å². The van der Waals surface area contributed by atoms with E-state index in [4.69, 9.17) is 11.6 Å². The number of benzene rings is 1. The second-order valence-corrected chi connectivity index (χ2v) is 4.68. The second-order valence-electron chi connectivity index (χ2n) is 4.30. The summed E-state index contributed by atoms with van der Waals surface area (Å²) in [6.07, 6.45) is 2.04. The fourth-order valence-corrected chi connectivity index (χ4v) is 2.04. The van der Waals surface area contributed by atoms with E-state index >= 15 is 0 Å². The van der Waals surface area contributed by atoms with E-state index in [0.717, 1.165) is 29.3 Å². The molecule has 1 aromatic heterocycles. The van der Waals surface area contributed by atoms with E-state index in [0.29, 0.717) is 12.0 Å². The Hall–Kier alpha value is -1.49. The Bertz CT molecular complexity index is 620. The third-order valence-electron chi connectivity index (χ3n) is 2.90. The molecule has 94 valence electrons. The van der Waals surface area contributed by atoms with Gasteiger partial charge in [0.25, 0.3) is 0 Å². The lowest BCUT2D eigenvalue weighted by Gasteiger charge is -2.05. The van der Waals surface area contributed by atoms with Crippen LogP contribution in [0.1, 0.15) is 24.5 Å². The van der Waals surface area contributed by atoms with Crippen molar-refractivity contribution in [1.82, 2.24) is 9.78 Å². The predicted molar refractivity (Wildman–Crippen MR) is 60.4 cm³/mol. The van der Waals surface area contributed by atoms with Gasteiger partial charge in [0.05, 0.1) is 5.69 Å². The highest BCUT2D eigenvalue weighted by Gasteiger charge is 2.27. The smallest absolute Gasteiger partial charge is 0.161 e. The summed E-state index contributed by atoms with van der Waals surface area (Å²) >= 11 is 5.93. The van der Waals surface area contributed by atoms with Crippen LogP contribution in [-0.4, -0.2) is 9.78 Å². The van der Waals surface area contributed by atoms with Crippen LogP contribution in [0.25, 0.3) is 5.69 Å². The molecule has 0 radical (unpaired) electrons. The van der Waals surface area contributed by atoms with Crippen LogP contribution in [-0.2, 0) is 0 Å². The first-order valence-electron chi connectivity index (χ1n) is 5.46. The Morgan fingerprint density at radius 2 is 1.72 bits per heavy atom. The molecule has 6 heteroatoms. The average molecular weight is 273 g/mol. The second kappa shape index (κ2) is 4.02.